The van der Waals surface area contributed by atoms with Gasteiger partial charge in [-0.3, -0.25) is 4.90 Å². The Morgan fingerprint density at radius 3 is 3.00 bits per heavy atom. The molecule has 19 heavy (non-hydrogen) atoms. The van der Waals surface area contributed by atoms with E-state index >= 15 is 0 Å². The van der Waals surface area contributed by atoms with E-state index in [4.69, 9.17) is 5.11 Å². The van der Waals surface area contributed by atoms with Crippen LogP contribution in [0.1, 0.15) is 16.2 Å². The molecule has 0 unspecified atom stereocenters. The minimum absolute atomic E-state index is 0.898. The Balaban J connectivity index is 1.90. The largest absolute Gasteiger partial charge is 0.478 e. The first-order valence-corrected chi connectivity index (χ1v) is 7.36. The van der Waals surface area contributed by atoms with Gasteiger partial charge < -0.3 is 10.0 Å². The molecule has 5 heteroatoms. The van der Waals surface area contributed by atoms with Gasteiger partial charge in [-0.15, -0.1) is 11.3 Å². The Labute approximate surface area is 118 Å². The molecule has 1 aliphatic heterocycles. The van der Waals surface area contributed by atoms with Crippen LogP contribution in [0, 0.1) is 0 Å². The van der Waals surface area contributed by atoms with Crippen LogP contribution in [-0.2, 0) is 11.3 Å². The summed E-state index contributed by atoms with van der Waals surface area (Å²) in [5.74, 6) is -0.898. The van der Waals surface area contributed by atoms with E-state index in [-0.39, 0.29) is 0 Å². The van der Waals surface area contributed by atoms with E-state index in [1.54, 1.807) is 17.4 Å². The van der Waals surface area contributed by atoms with Crippen molar-refractivity contribution in [3.8, 4) is 0 Å². The van der Waals surface area contributed by atoms with E-state index in [0.29, 0.717) is 0 Å². The van der Waals surface area contributed by atoms with Crippen LogP contribution in [0.4, 0.5) is 0 Å². The highest BCUT2D eigenvalue weighted by atomic mass is 32.1. The van der Waals surface area contributed by atoms with Crippen LogP contribution in [0.2, 0.25) is 0 Å². The lowest BCUT2D eigenvalue weighted by Gasteiger charge is -2.18. The van der Waals surface area contributed by atoms with E-state index in [2.05, 4.69) is 22.9 Å². The highest BCUT2D eigenvalue weighted by Gasteiger charge is 2.12. The van der Waals surface area contributed by atoms with Crippen molar-refractivity contribution in [1.82, 2.24) is 9.80 Å². The van der Waals surface area contributed by atoms with Crippen LogP contribution in [0.3, 0.4) is 0 Å². The molecule has 4 nitrogen and oxygen atoms in total. The zero-order chi connectivity index (χ0) is 13.7. The van der Waals surface area contributed by atoms with E-state index in [1.165, 1.54) is 23.9 Å². The summed E-state index contributed by atoms with van der Waals surface area (Å²) < 4.78 is 0. The van der Waals surface area contributed by atoms with Crippen molar-refractivity contribution in [3.63, 3.8) is 0 Å². The number of likely N-dealkylation sites (N-methyl/N-ethyl adjacent to an activating group) is 1. The van der Waals surface area contributed by atoms with Crippen molar-refractivity contribution in [2.75, 3.05) is 33.2 Å². The maximum absolute atomic E-state index is 10.5. The number of rotatable bonds is 4. The SMILES string of the molecule is CN1CCCN(Cc2ccc(C=CC(=O)O)s2)CC1. The lowest BCUT2D eigenvalue weighted by atomic mass is 10.3. The highest BCUT2D eigenvalue weighted by Crippen LogP contribution is 2.20. The average Bonchev–Trinajstić information content (AvgIpc) is 2.71. The minimum atomic E-state index is -0.898. The summed E-state index contributed by atoms with van der Waals surface area (Å²) in [7, 11) is 2.17. The number of hydrogen-bond acceptors (Lipinski definition) is 4. The van der Waals surface area contributed by atoms with Gasteiger partial charge in [0.05, 0.1) is 0 Å². The molecule has 0 aromatic carbocycles. The van der Waals surface area contributed by atoms with Gasteiger partial charge in [0.1, 0.15) is 0 Å². The predicted molar refractivity (Wildman–Crippen MR) is 78.4 cm³/mol. The summed E-state index contributed by atoms with van der Waals surface area (Å²) in [6, 6.07) is 4.09. The maximum Gasteiger partial charge on any atom is 0.328 e. The molecule has 0 amide bonds. The lowest BCUT2D eigenvalue weighted by molar-refractivity contribution is -0.131. The molecular formula is C14H20N2O2S. The fraction of sp³-hybridized carbons (Fsp3) is 0.500. The third-order valence-corrected chi connectivity index (χ3v) is 4.30. The number of nitrogens with zero attached hydrogens (tertiary/aromatic N) is 2. The molecule has 0 spiro atoms. The van der Waals surface area contributed by atoms with Crippen molar-refractivity contribution < 1.29 is 9.90 Å². The number of thiophene rings is 1. The number of carboxylic acids is 1. The number of carboxylic acid groups (broad SMARTS) is 1. The molecule has 1 fully saturated rings. The summed E-state index contributed by atoms with van der Waals surface area (Å²) in [5.41, 5.74) is 0. The highest BCUT2D eigenvalue weighted by molar-refractivity contribution is 7.12. The summed E-state index contributed by atoms with van der Waals surface area (Å²) in [5, 5.41) is 8.60. The molecule has 1 saturated heterocycles. The van der Waals surface area contributed by atoms with Gasteiger partial charge in [-0.1, -0.05) is 0 Å². The molecule has 1 aromatic rings. The molecule has 0 radical (unpaired) electrons. The molecule has 0 bridgehead atoms. The second-order valence-electron chi connectivity index (χ2n) is 4.91. The topological polar surface area (TPSA) is 43.8 Å². The normalized spacial score (nSPS) is 18.8. The lowest BCUT2D eigenvalue weighted by Crippen LogP contribution is -2.28. The molecule has 2 rings (SSSR count). The zero-order valence-corrected chi connectivity index (χ0v) is 12.0. The summed E-state index contributed by atoms with van der Waals surface area (Å²) in [6.07, 6.45) is 4.07. The monoisotopic (exact) mass is 280 g/mol. The van der Waals surface area contributed by atoms with Gasteiger partial charge in [0.15, 0.2) is 0 Å². The summed E-state index contributed by atoms with van der Waals surface area (Å²) in [6.45, 7) is 5.52. The van der Waals surface area contributed by atoms with Crippen molar-refractivity contribution >= 4 is 23.4 Å². The molecule has 0 atom stereocenters. The second-order valence-corrected chi connectivity index (χ2v) is 6.11. The fourth-order valence-corrected chi connectivity index (χ4v) is 3.16. The van der Waals surface area contributed by atoms with Gasteiger partial charge in [-0.25, -0.2) is 4.79 Å². The first kappa shape index (κ1) is 14.2. The van der Waals surface area contributed by atoms with Crippen molar-refractivity contribution in [3.05, 3.63) is 28.0 Å². The smallest absolute Gasteiger partial charge is 0.328 e. The first-order chi connectivity index (χ1) is 9.13. The van der Waals surface area contributed by atoms with E-state index in [1.807, 2.05) is 6.07 Å². The fourth-order valence-electron chi connectivity index (χ4n) is 2.20. The Kier molecular flexibility index (Phi) is 5.13. The van der Waals surface area contributed by atoms with Gasteiger partial charge >= 0.3 is 5.97 Å². The maximum atomic E-state index is 10.5. The molecule has 2 heterocycles. The zero-order valence-electron chi connectivity index (χ0n) is 11.2. The molecule has 104 valence electrons. The van der Waals surface area contributed by atoms with Crippen molar-refractivity contribution in [2.45, 2.75) is 13.0 Å². The van der Waals surface area contributed by atoms with Crippen LogP contribution in [0.15, 0.2) is 18.2 Å². The molecule has 0 aliphatic carbocycles. The van der Waals surface area contributed by atoms with Crippen LogP contribution in [0.25, 0.3) is 6.08 Å². The first-order valence-electron chi connectivity index (χ1n) is 6.54. The molecule has 0 saturated carbocycles. The molecule has 1 N–H and O–H groups in total. The van der Waals surface area contributed by atoms with Gasteiger partial charge in [0.25, 0.3) is 0 Å². The van der Waals surface area contributed by atoms with Crippen LogP contribution >= 0.6 is 11.3 Å². The van der Waals surface area contributed by atoms with Gasteiger partial charge in [0.2, 0.25) is 0 Å². The third-order valence-electron chi connectivity index (χ3n) is 3.26. The summed E-state index contributed by atoms with van der Waals surface area (Å²) >= 11 is 1.67. The predicted octanol–water partition coefficient (Wildman–Crippen LogP) is 1.98. The van der Waals surface area contributed by atoms with E-state index in [9.17, 15) is 4.79 Å². The number of hydrogen-bond donors (Lipinski definition) is 1. The molecule has 1 aromatic heterocycles. The Morgan fingerprint density at radius 2 is 2.21 bits per heavy atom. The standard InChI is InChI=1S/C14H20N2O2S/c1-15-7-2-8-16(10-9-15)11-13-4-3-12(19-13)5-6-14(17)18/h3-6H,2,7-11H2,1H3,(H,17,18). The van der Waals surface area contributed by atoms with Gasteiger partial charge in [-0.2, -0.15) is 0 Å². The summed E-state index contributed by atoms with van der Waals surface area (Å²) in [4.78, 5) is 17.6. The van der Waals surface area contributed by atoms with Crippen LogP contribution < -0.4 is 0 Å². The van der Waals surface area contributed by atoms with Crippen molar-refractivity contribution in [1.29, 1.82) is 0 Å². The number of aliphatic carboxylic acids is 1. The van der Waals surface area contributed by atoms with Gasteiger partial charge in [-0.05, 0) is 44.8 Å². The quantitative estimate of drug-likeness (QED) is 0.857. The van der Waals surface area contributed by atoms with E-state index in [0.717, 1.165) is 31.1 Å². The minimum Gasteiger partial charge on any atom is -0.478 e. The van der Waals surface area contributed by atoms with Crippen molar-refractivity contribution in [2.24, 2.45) is 0 Å². The second kappa shape index (κ2) is 6.84. The molecular weight excluding hydrogens is 260 g/mol. The van der Waals surface area contributed by atoms with Crippen LogP contribution in [0.5, 0.6) is 0 Å². The van der Waals surface area contributed by atoms with Gasteiger partial charge in [0, 0.05) is 35.5 Å². The Morgan fingerprint density at radius 1 is 1.37 bits per heavy atom. The Bertz CT molecular complexity index is 456. The Hall–Kier alpha value is -1.17. The number of carbonyl (C=O) groups is 1. The molecule has 1 aliphatic rings. The van der Waals surface area contributed by atoms with Crippen LogP contribution in [-0.4, -0.2) is 54.1 Å². The van der Waals surface area contributed by atoms with E-state index < -0.39 is 5.97 Å². The third kappa shape index (κ3) is 4.78. The average molecular weight is 280 g/mol.